The molecule has 0 unspecified atom stereocenters. The number of ether oxygens (including phenoxy) is 1. The monoisotopic (exact) mass is 600 g/mol. The van der Waals surface area contributed by atoms with E-state index in [-0.39, 0.29) is 42.9 Å². The molecule has 0 aliphatic carbocycles. The van der Waals surface area contributed by atoms with Crippen molar-refractivity contribution in [2.45, 2.75) is 111 Å². The highest BCUT2D eigenvalue weighted by Gasteiger charge is 2.39. The molecular weight excluding hydrogens is 548 g/mol. The summed E-state index contributed by atoms with van der Waals surface area (Å²) in [6.45, 7) is 15.2. The summed E-state index contributed by atoms with van der Waals surface area (Å²) >= 11 is 0. The number of likely N-dealkylation sites (N-methyl/N-ethyl adjacent to an activating group) is 1. The molecule has 43 heavy (non-hydrogen) atoms. The lowest BCUT2D eigenvalue weighted by Gasteiger charge is -2.34. The molecule has 1 fully saturated rings. The van der Waals surface area contributed by atoms with Crippen molar-refractivity contribution in [1.29, 1.82) is 0 Å². The van der Waals surface area contributed by atoms with E-state index in [4.69, 9.17) is 4.74 Å². The first kappa shape index (κ1) is 35.8. The minimum atomic E-state index is -1.16. The van der Waals surface area contributed by atoms with Crippen LogP contribution in [-0.2, 0) is 35.1 Å². The Morgan fingerprint density at radius 2 is 1.26 bits per heavy atom. The second-order valence-corrected chi connectivity index (χ2v) is 13.3. The molecule has 240 valence electrons. The molecule has 3 N–H and O–H groups in total. The van der Waals surface area contributed by atoms with Gasteiger partial charge in [-0.2, -0.15) is 0 Å². The molecule has 1 aromatic rings. The maximum absolute atomic E-state index is 13.9. The quantitative estimate of drug-likeness (QED) is 0.373. The zero-order valence-corrected chi connectivity index (χ0v) is 27.3. The van der Waals surface area contributed by atoms with Gasteiger partial charge in [-0.3, -0.25) is 19.2 Å². The second kappa shape index (κ2) is 16.4. The summed E-state index contributed by atoms with van der Waals surface area (Å²) in [5.74, 6) is -3.01. The van der Waals surface area contributed by atoms with Crippen molar-refractivity contribution < 1.29 is 28.7 Å². The van der Waals surface area contributed by atoms with Crippen LogP contribution in [-0.4, -0.2) is 71.8 Å². The van der Waals surface area contributed by atoms with Crippen LogP contribution in [0.5, 0.6) is 0 Å². The standard InChI is InChI=1S/C33H52N4O6/c1-19(2)15-25-33(42)43-27(17-21(5)6)31(40)36-28(22(7)8)32(41)37(9)26(16-20(3)4)30(39)34-24(29(38)35-25)18-23-13-11-10-12-14-23/h10-14,19-22,24-28H,15-18H2,1-9H3,(H,34,39)(H,35,38)(H,36,40)/t24-,25-,26-,27-,28-/m1/s1. The summed E-state index contributed by atoms with van der Waals surface area (Å²) in [6.07, 6.45) is -0.117. The highest BCUT2D eigenvalue weighted by atomic mass is 16.5. The molecule has 0 spiro atoms. The van der Waals surface area contributed by atoms with Crippen LogP contribution in [0.4, 0.5) is 0 Å². The molecule has 1 aliphatic heterocycles. The van der Waals surface area contributed by atoms with E-state index in [1.807, 2.05) is 85.7 Å². The van der Waals surface area contributed by atoms with Gasteiger partial charge >= 0.3 is 5.97 Å². The average Bonchev–Trinajstić information content (AvgIpc) is 2.91. The SMILES string of the molecule is CC(C)C[C@@H]1C(=O)N[C@H](Cc2ccccc2)C(=O)N[C@H](CC(C)C)C(=O)O[C@H](CC(C)C)C(=O)N[C@H](C(C)C)C(=O)N1C. The van der Waals surface area contributed by atoms with E-state index >= 15 is 0 Å². The van der Waals surface area contributed by atoms with Gasteiger partial charge in [0.05, 0.1) is 0 Å². The molecule has 1 saturated heterocycles. The first-order valence-electron chi connectivity index (χ1n) is 15.5. The number of hydrogen-bond donors (Lipinski definition) is 3. The molecule has 0 radical (unpaired) electrons. The number of cyclic esters (lactones) is 1. The molecule has 1 aromatic carbocycles. The average molecular weight is 601 g/mol. The Labute approximate surface area is 257 Å². The Bertz CT molecular complexity index is 1100. The van der Waals surface area contributed by atoms with E-state index in [0.29, 0.717) is 6.42 Å². The van der Waals surface area contributed by atoms with Crippen molar-refractivity contribution >= 4 is 29.6 Å². The summed E-state index contributed by atoms with van der Waals surface area (Å²) < 4.78 is 5.77. The molecule has 0 bridgehead atoms. The topological polar surface area (TPSA) is 134 Å². The molecule has 0 aromatic heterocycles. The van der Waals surface area contributed by atoms with E-state index < -0.39 is 59.9 Å². The lowest BCUT2D eigenvalue weighted by Crippen LogP contribution is -2.59. The first-order valence-corrected chi connectivity index (χ1v) is 15.5. The molecule has 0 saturated carbocycles. The number of hydrogen-bond acceptors (Lipinski definition) is 6. The summed E-state index contributed by atoms with van der Waals surface area (Å²) in [7, 11) is 1.55. The zero-order chi connectivity index (χ0) is 32.4. The van der Waals surface area contributed by atoms with Crippen molar-refractivity contribution in [3.63, 3.8) is 0 Å². The van der Waals surface area contributed by atoms with Gasteiger partial charge in [0.2, 0.25) is 17.7 Å². The Balaban J connectivity index is 2.65. The summed E-state index contributed by atoms with van der Waals surface area (Å²) in [5.41, 5.74) is 0.820. The predicted octanol–water partition coefficient (Wildman–Crippen LogP) is 3.23. The van der Waals surface area contributed by atoms with Gasteiger partial charge in [-0.15, -0.1) is 0 Å². The van der Waals surface area contributed by atoms with Crippen LogP contribution in [0.15, 0.2) is 30.3 Å². The number of nitrogens with one attached hydrogen (secondary N) is 3. The van der Waals surface area contributed by atoms with E-state index in [2.05, 4.69) is 16.0 Å². The van der Waals surface area contributed by atoms with E-state index in [1.165, 1.54) is 4.90 Å². The lowest BCUT2D eigenvalue weighted by molar-refractivity contribution is -0.160. The summed E-state index contributed by atoms with van der Waals surface area (Å²) in [5, 5.41) is 8.50. The van der Waals surface area contributed by atoms with Gasteiger partial charge in [-0.25, -0.2) is 4.79 Å². The van der Waals surface area contributed by atoms with Gasteiger partial charge in [-0.05, 0) is 48.5 Å². The molecule has 5 atom stereocenters. The number of esters is 1. The van der Waals surface area contributed by atoms with Gasteiger partial charge in [0.15, 0.2) is 6.10 Å². The van der Waals surface area contributed by atoms with Crippen LogP contribution in [0.1, 0.15) is 80.2 Å². The Hall–Kier alpha value is -3.43. The van der Waals surface area contributed by atoms with Crippen LogP contribution in [0.3, 0.4) is 0 Å². The zero-order valence-electron chi connectivity index (χ0n) is 27.3. The molecule has 2 rings (SSSR count). The fourth-order valence-electron chi connectivity index (χ4n) is 5.16. The summed E-state index contributed by atoms with van der Waals surface area (Å²) in [6, 6.07) is 5.37. The Morgan fingerprint density at radius 3 is 1.79 bits per heavy atom. The number of amides is 4. The van der Waals surface area contributed by atoms with Gasteiger partial charge in [0, 0.05) is 13.5 Å². The maximum Gasteiger partial charge on any atom is 0.329 e. The highest BCUT2D eigenvalue weighted by Crippen LogP contribution is 2.18. The molecule has 4 amide bonds. The van der Waals surface area contributed by atoms with Gasteiger partial charge in [0.1, 0.15) is 24.2 Å². The van der Waals surface area contributed by atoms with Gasteiger partial charge in [0.25, 0.3) is 5.91 Å². The minimum absolute atomic E-state index is 0.00662. The van der Waals surface area contributed by atoms with Crippen LogP contribution in [0, 0.1) is 23.7 Å². The van der Waals surface area contributed by atoms with Crippen molar-refractivity contribution in [2.75, 3.05) is 7.05 Å². The van der Waals surface area contributed by atoms with Crippen LogP contribution < -0.4 is 16.0 Å². The third kappa shape index (κ3) is 11.0. The third-order valence-electron chi connectivity index (χ3n) is 7.50. The number of nitrogens with zero attached hydrogens (tertiary/aromatic N) is 1. The normalized spacial score (nSPS) is 24.9. The van der Waals surface area contributed by atoms with Crippen LogP contribution >= 0.6 is 0 Å². The number of rotatable bonds is 9. The van der Waals surface area contributed by atoms with Crippen LogP contribution in [0.2, 0.25) is 0 Å². The van der Waals surface area contributed by atoms with E-state index in [1.54, 1.807) is 7.05 Å². The number of benzene rings is 1. The summed E-state index contributed by atoms with van der Waals surface area (Å²) in [4.78, 5) is 69.9. The van der Waals surface area contributed by atoms with E-state index in [9.17, 15) is 24.0 Å². The molecular formula is C33H52N4O6. The third-order valence-corrected chi connectivity index (χ3v) is 7.50. The smallest absolute Gasteiger partial charge is 0.329 e. The van der Waals surface area contributed by atoms with E-state index in [0.717, 1.165) is 5.56 Å². The highest BCUT2D eigenvalue weighted by molar-refractivity contribution is 5.96. The fourth-order valence-corrected chi connectivity index (χ4v) is 5.16. The number of carbonyl (C=O) groups excluding carboxylic acids is 5. The fraction of sp³-hybridized carbons (Fsp3) is 0.667. The lowest BCUT2D eigenvalue weighted by atomic mass is 9.97. The molecule has 1 aliphatic rings. The Kier molecular flexibility index (Phi) is 13.7. The van der Waals surface area contributed by atoms with Crippen LogP contribution in [0.25, 0.3) is 0 Å². The minimum Gasteiger partial charge on any atom is -0.451 e. The van der Waals surface area contributed by atoms with Crippen molar-refractivity contribution in [2.24, 2.45) is 23.7 Å². The molecule has 1 heterocycles. The Morgan fingerprint density at radius 1 is 0.698 bits per heavy atom. The predicted molar refractivity (Wildman–Crippen MR) is 166 cm³/mol. The second-order valence-electron chi connectivity index (χ2n) is 13.3. The van der Waals surface area contributed by atoms with Gasteiger partial charge < -0.3 is 25.6 Å². The molecule has 10 heteroatoms. The number of carbonyl (C=O) groups is 5. The van der Waals surface area contributed by atoms with Crippen molar-refractivity contribution in [1.82, 2.24) is 20.9 Å². The first-order chi connectivity index (χ1) is 20.1. The maximum atomic E-state index is 13.9. The molecule has 10 nitrogen and oxygen atoms in total. The van der Waals surface area contributed by atoms with Crippen molar-refractivity contribution in [3.8, 4) is 0 Å². The van der Waals surface area contributed by atoms with Gasteiger partial charge in [-0.1, -0.05) is 85.7 Å². The van der Waals surface area contributed by atoms with Crippen molar-refractivity contribution in [3.05, 3.63) is 35.9 Å². The largest absolute Gasteiger partial charge is 0.451 e.